The van der Waals surface area contributed by atoms with Crippen molar-refractivity contribution >= 4 is 17.6 Å². The summed E-state index contributed by atoms with van der Waals surface area (Å²) < 4.78 is 0. The van der Waals surface area contributed by atoms with E-state index in [0.717, 1.165) is 37.2 Å². The van der Waals surface area contributed by atoms with Crippen LogP contribution in [0.5, 0.6) is 0 Å². The van der Waals surface area contributed by atoms with Gasteiger partial charge in [-0.25, -0.2) is 4.79 Å². The van der Waals surface area contributed by atoms with E-state index in [1.807, 2.05) is 24.3 Å². The number of rotatable bonds is 3. The first-order chi connectivity index (χ1) is 12.1. The molecule has 1 aromatic rings. The van der Waals surface area contributed by atoms with Crippen LogP contribution in [0, 0.1) is 17.8 Å². The molecule has 6 heteroatoms. The zero-order valence-corrected chi connectivity index (χ0v) is 14.5. The average Bonchev–Trinajstić information content (AvgIpc) is 3.05. The second-order valence-corrected chi connectivity index (χ2v) is 6.55. The van der Waals surface area contributed by atoms with E-state index < -0.39 is 0 Å². The summed E-state index contributed by atoms with van der Waals surface area (Å²) in [7, 11) is 2.05. The van der Waals surface area contributed by atoms with Gasteiger partial charge < -0.3 is 15.5 Å². The molecule has 0 aromatic heterocycles. The van der Waals surface area contributed by atoms with Crippen molar-refractivity contribution in [1.82, 2.24) is 15.5 Å². The van der Waals surface area contributed by atoms with Crippen molar-refractivity contribution in [2.45, 2.75) is 12.8 Å². The number of urea groups is 1. The Hall–Kier alpha value is -2.52. The Morgan fingerprint density at radius 1 is 1.32 bits per heavy atom. The normalized spacial score (nSPS) is 20.6. The molecule has 3 amide bonds. The fourth-order valence-electron chi connectivity index (χ4n) is 3.24. The monoisotopic (exact) mass is 340 g/mol. The summed E-state index contributed by atoms with van der Waals surface area (Å²) in [5.41, 5.74) is 1.74. The third-order valence-corrected chi connectivity index (χ3v) is 4.61. The number of benzene rings is 1. The zero-order chi connectivity index (χ0) is 17.6. The molecule has 0 saturated carbocycles. The Bertz CT molecular complexity index is 690. The van der Waals surface area contributed by atoms with Gasteiger partial charge in [0.1, 0.15) is 0 Å². The highest BCUT2D eigenvalue weighted by Crippen LogP contribution is 2.17. The van der Waals surface area contributed by atoms with Crippen LogP contribution in [0.1, 0.15) is 18.4 Å². The molecule has 0 radical (unpaired) electrons. The third-order valence-electron chi connectivity index (χ3n) is 4.61. The van der Waals surface area contributed by atoms with Crippen LogP contribution in [-0.2, 0) is 4.79 Å². The third kappa shape index (κ3) is 4.52. The molecule has 0 aliphatic carbocycles. The maximum Gasteiger partial charge on any atom is 0.321 e. The summed E-state index contributed by atoms with van der Waals surface area (Å²) in [6.07, 6.45) is 2.02. The van der Waals surface area contributed by atoms with Gasteiger partial charge in [0.2, 0.25) is 5.91 Å². The number of carbonyl (C=O) groups excluding carboxylic acids is 2. The Morgan fingerprint density at radius 3 is 2.80 bits per heavy atom. The summed E-state index contributed by atoms with van der Waals surface area (Å²) >= 11 is 0. The van der Waals surface area contributed by atoms with E-state index in [2.05, 4.69) is 34.4 Å². The molecule has 1 atom stereocenters. The van der Waals surface area contributed by atoms with E-state index in [9.17, 15) is 9.59 Å². The van der Waals surface area contributed by atoms with Gasteiger partial charge >= 0.3 is 6.03 Å². The van der Waals surface area contributed by atoms with Crippen molar-refractivity contribution in [2.75, 3.05) is 44.7 Å². The molecule has 1 unspecified atom stereocenters. The van der Waals surface area contributed by atoms with Gasteiger partial charge in [0.25, 0.3) is 0 Å². The van der Waals surface area contributed by atoms with Crippen LogP contribution in [0.15, 0.2) is 24.3 Å². The van der Waals surface area contributed by atoms with Crippen molar-refractivity contribution < 1.29 is 9.59 Å². The standard InChI is InChI=1S/C19H24N4O2/c1-22-12-3-5-16(14-22)18(24)20-10-2-4-15-6-8-17(9-7-15)23-13-11-21-19(23)25/h6-9,16H,3,5,10-14H2,1H3,(H,20,24)(H,21,25). The van der Waals surface area contributed by atoms with Crippen LogP contribution in [-0.4, -0.2) is 56.6 Å². The molecule has 132 valence electrons. The molecule has 2 fully saturated rings. The molecule has 2 aliphatic heterocycles. The maximum atomic E-state index is 12.1. The minimum absolute atomic E-state index is 0.0603. The SMILES string of the molecule is CN1CCCC(C(=O)NCC#Cc2ccc(N3CCNC3=O)cc2)C1. The Labute approximate surface area is 148 Å². The predicted octanol–water partition coefficient (Wildman–Crippen LogP) is 1.03. The molecule has 2 heterocycles. The molecule has 2 saturated heterocycles. The Kier molecular flexibility index (Phi) is 5.56. The van der Waals surface area contributed by atoms with Crippen molar-refractivity contribution in [1.29, 1.82) is 0 Å². The highest BCUT2D eigenvalue weighted by Gasteiger charge is 2.23. The first kappa shape index (κ1) is 17.3. The second kappa shape index (κ2) is 8.04. The summed E-state index contributed by atoms with van der Waals surface area (Å²) in [4.78, 5) is 27.7. The summed E-state index contributed by atoms with van der Waals surface area (Å²) in [6, 6.07) is 7.52. The quantitative estimate of drug-likeness (QED) is 0.808. The fraction of sp³-hybridized carbons (Fsp3) is 0.474. The van der Waals surface area contributed by atoms with Crippen molar-refractivity contribution in [2.24, 2.45) is 5.92 Å². The van der Waals surface area contributed by atoms with Crippen LogP contribution >= 0.6 is 0 Å². The lowest BCUT2D eigenvalue weighted by Crippen LogP contribution is -2.41. The number of piperidine rings is 1. The molecule has 0 bridgehead atoms. The van der Waals surface area contributed by atoms with Gasteiger partial charge in [-0.3, -0.25) is 9.69 Å². The molecule has 3 rings (SSSR count). The van der Waals surface area contributed by atoms with Crippen molar-refractivity contribution in [3.05, 3.63) is 29.8 Å². The summed E-state index contributed by atoms with van der Waals surface area (Å²) in [6.45, 7) is 3.61. The minimum Gasteiger partial charge on any atom is -0.345 e. The maximum absolute atomic E-state index is 12.1. The van der Waals surface area contributed by atoms with E-state index in [1.165, 1.54) is 0 Å². The van der Waals surface area contributed by atoms with E-state index in [0.29, 0.717) is 19.6 Å². The van der Waals surface area contributed by atoms with Gasteiger partial charge in [0, 0.05) is 30.9 Å². The molecule has 2 N–H and O–H groups in total. The molecule has 0 spiro atoms. The molecule has 1 aromatic carbocycles. The summed E-state index contributed by atoms with van der Waals surface area (Å²) in [5, 5.41) is 5.69. The van der Waals surface area contributed by atoms with Gasteiger partial charge in [-0.2, -0.15) is 0 Å². The molecule has 6 nitrogen and oxygen atoms in total. The number of likely N-dealkylation sites (tertiary alicyclic amines) is 1. The Morgan fingerprint density at radius 2 is 2.12 bits per heavy atom. The highest BCUT2D eigenvalue weighted by molar-refractivity contribution is 5.94. The van der Waals surface area contributed by atoms with Crippen molar-refractivity contribution in [3.63, 3.8) is 0 Å². The van der Waals surface area contributed by atoms with Gasteiger partial charge in [-0.05, 0) is 50.7 Å². The van der Waals surface area contributed by atoms with E-state index in [-0.39, 0.29) is 17.9 Å². The van der Waals surface area contributed by atoms with Crippen LogP contribution in [0.2, 0.25) is 0 Å². The van der Waals surface area contributed by atoms with Crippen LogP contribution in [0.3, 0.4) is 0 Å². The Balaban J connectivity index is 1.48. The zero-order valence-electron chi connectivity index (χ0n) is 14.5. The topological polar surface area (TPSA) is 64.7 Å². The first-order valence-electron chi connectivity index (χ1n) is 8.74. The van der Waals surface area contributed by atoms with Gasteiger partial charge in [-0.1, -0.05) is 11.8 Å². The van der Waals surface area contributed by atoms with E-state index >= 15 is 0 Å². The highest BCUT2D eigenvalue weighted by atomic mass is 16.2. The lowest BCUT2D eigenvalue weighted by atomic mass is 9.98. The second-order valence-electron chi connectivity index (χ2n) is 6.55. The van der Waals surface area contributed by atoms with Gasteiger partial charge in [0.15, 0.2) is 0 Å². The number of hydrogen-bond acceptors (Lipinski definition) is 3. The van der Waals surface area contributed by atoms with Crippen LogP contribution in [0.25, 0.3) is 0 Å². The predicted molar refractivity (Wildman–Crippen MR) is 97.3 cm³/mol. The van der Waals surface area contributed by atoms with Gasteiger partial charge in [0.05, 0.1) is 12.5 Å². The largest absolute Gasteiger partial charge is 0.345 e. The lowest BCUT2D eigenvalue weighted by Gasteiger charge is -2.28. The van der Waals surface area contributed by atoms with E-state index in [4.69, 9.17) is 0 Å². The first-order valence-corrected chi connectivity index (χ1v) is 8.74. The smallest absolute Gasteiger partial charge is 0.321 e. The number of anilines is 1. The molecule has 2 aliphatic rings. The van der Waals surface area contributed by atoms with Gasteiger partial charge in [-0.15, -0.1) is 0 Å². The number of hydrogen-bond donors (Lipinski definition) is 2. The van der Waals surface area contributed by atoms with Crippen LogP contribution in [0.4, 0.5) is 10.5 Å². The van der Waals surface area contributed by atoms with Crippen LogP contribution < -0.4 is 15.5 Å². The molecular formula is C19H24N4O2. The van der Waals surface area contributed by atoms with E-state index in [1.54, 1.807) is 4.90 Å². The van der Waals surface area contributed by atoms with Crippen molar-refractivity contribution in [3.8, 4) is 11.8 Å². The minimum atomic E-state index is -0.0603. The average molecular weight is 340 g/mol. The molecule has 25 heavy (non-hydrogen) atoms. The number of nitrogens with zero attached hydrogens (tertiary/aromatic N) is 2. The number of carbonyl (C=O) groups is 2. The number of amides is 3. The fourth-order valence-corrected chi connectivity index (χ4v) is 3.24. The molecular weight excluding hydrogens is 316 g/mol. The summed E-state index contributed by atoms with van der Waals surface area (Å²) in [5.74, 6) is 6.21. The lowest BCUT2D eigenvalue weighted by molar-refractivity contribution is -0.126. The number of nitrogens with one attached hydrogen (secondary N) is 2.